The summed E-state index contributed by atoms with van der Waals surface area (Å²) >= 11 is 0. The van der Waals surface area contributed by atoms with Crippen LogP contribution >= 0.6 is 0 Å². The predicted molar refractivity (Wildman–Crippen MR) is 74.5 cm³/mol. The largest absolute Gasteiger partial charge is 0.303 e. The number of hydrogen-bond acceptors (Lipinski definition) is 3. The summed E-state index contributed by atoms with van der Waals surface area (Å²) in [4.78, 5) is 24.8. The molecular weight excluding hydrogens is 240 g/mol. The van der Waals surface area contributed by atoms with Crippen LogP contribution in [0.15, 0.2) is 0 Å². The number of amides is 2. The topological polar surface area (TPSA) is 49.4 Å². The van der Waals surface area contributed by atoms with Crippen molar-refractivity contribution in [2.24, 2.45) is 10.8 Å². The molecule has 2 amide bonds. The molecule has 0 radical (unpaired) electrons. The molecule has 0 bridgehead atoms. The van der Waals surface area contributed by atoms with Crippen LogP contribution in [0.2, 0.25) is 0 Å². The summed E-state index contributed by atoms with van der Waals surface area (Å²) in [6, 6.07) is 0.0131. The molecule has 0 aromatic carbocycles. The monoisotopic (exact) mass is 266 g/mol. The normalized spacial score (nSPS) is 31.0. The number of carbonyl (C=O) groups excluding carboxylic acids is 2. The summed E-state index contributed by atoms with van der Waals surface area (Å²) < 4.78 is 0. The lowest BCUT2D eigenvalue weighted by Gasteiger charge is -2.45. The Morgan fingerprint density at radius 2 is 1.63 bits per heavy atom. The molecule has 0 spiro atoms. The van der Waals surface area contributed by atoms with Crippen molar-refractivity contribution in [1.29, 1.82) is 0 Å². The lowest BCUT2D eigenvalue weighted by atomic mass is 9.63. The van der Waals surface area contributed by atoms with Crippen LogP contribution in [0.5, 0.6) is 0 Å². The van der Waals surface area contributed by atoms with Crippen molar-refractivity contribution in [2.75, 3.05) is 7.05 Å². The van der Waals surface area contributed by atoms with Gasteiger partial charge in [-0.3, -0.25) is 14.5 Å². The summed E-state index contributed by atoms with van der Waals surface area (Å²) in [6.07, 6.45) is 3.65. The average molecular weight is 266 g/mol. The predicted octanol–water partition coefficient (Wildman–Crippen LogP) is 1.94. The van der Waals surface area contributed by atoms with Crippen molar-refractivity contribution < 1.29 is 9.59 Å². The Bertz CT molecular complexity index is 385. The van der Waals surface area contributed by atoms with E-state index in [0.29, 0.717) is 12.5 Å². The Kier molecular flexibility index (Phi) is 3.50. The maximum atomic E-state index is 12.0. The molecule has 1 atom stereocenters. The Hall–Kier alpha value is -0.900. The van der Waals surface area contributed by atoms with Gasteiger partial charge in [-0.1, -0.05) is 27.7 Å². The van der Waals surface area contributed by atoms with Crippen molar-refractivity contribution in [2.45, 2.75) is 65.5 Å². The van der Waals surface area contributed by atoms with E-state index in [1.54, 1.807) is 7.05 Å². The third-order valence-electron chi connectivity index (χ3n) is 4.37. The van der Waals surface area contributed by atoms with E-state index in [2.05, 4.69) is 33.0 Å². The highest BCUT2D eigenvalue weighted by atomic mass is 16.2. The Morgan fingerprint density at radius 1 is 1.11 bits per heavy atom. The number of nitrogens with one attached hydrogen (secondary N) is 1. The fourth-order valence-electron chi connectivity index (χ4n) is 4.13. The molecule has 2 aliphatic rings. The second-order valence-corrected chi connectivity index (χ2v) is 7.82. The summed E-state index contributed by atoms with van der Waals surface area (Å²) in [7, 11) is 1.57. The van der Waals surface area contributed by atoms with E-state index in [0.717, 1.165) is 12.8 Å². The second kappa shape index (κ2) is 4.58. The van der Waals surface area contributed by atoms with Gasteiger partial charge < -0.3 is 5.32 Å². The molecule has 1 heterocycles. The minimum absolute atomic E-state index is 0.0724. The van der Waals surface area contributed by atoms with Crippen molar-refractivity contribution in [1.82, 2.24) is 10.2 Å². The van der Waals surface area contributed by atoms with Gasteiger partial charge in [0.05, 0.1) is 12.5 Å². The number of carbonyl (C=O) groups is 2. The van der Waals surface area contributed by atoms with E-state index in [1.807, 2.05) is 0 Å². The van der Waals surface area contributed by atoms with E-state index in [-0.39, 0.29) is 28.7 Å². The van der Waals surface area contributed by atoms with Gasteiger partial charge in [0, 0.05) is 13.1 Å². The first-order chi connectivity index (χ1) is 8.60. The van der Waals surface area contributed by atoms with E-state index >= 15 is 0 Å². The smallest absolute Gasteiger partial charge is 0.246 e. The highest BCUT2D eigenvalue weighted by Gasteiger charge is 2.42. The summed E-state index contributed by atoms with van der Waals surface area (Å²) in [5.74, 6) is -0.150. The van der Waals surface area contributed by atoms with Gasteiger partial charge in [0.2, 0.25) is 11.8 Å². The van der Waals surface area contributed by atoms with Gasteiger partial charge in [-0.25, -0.2) is 0 Å². The average Bonchev–Trinajstić information content (AvgIpc) is 2.41. The molecule has 4 heteroatoms. The van der Waals surface area contributed by atoms with Crippen molar-refractivity contribution in [3.8, 4) is 0 Å². The first kappa shape index (κ1) is 14.5. The quantitative estimate of drug-likeness (QED) is 0.777. The van der Waals surface area contributed by atoms with Crippen LogP contribution in [0.3, 0.4) is 0 Å². The molecule has 108 valence electrons. The molecule has 0 aromatic heterocycles. The van der Waals surface area contributed by atoms with Crippen molar-refractivity contribution >= 4 is 11.8 Å². The van der Waals surface area contributed by atoms with E-state index in [4.69, 9.17) is 0 Å². The van der Waals surface area contributed by atoms with Crippen molar-refractivity contribution in [3.63, 3.8) is 0 Å². The Balaban J connectivity index is 2.03. The van der Waals surface area contributed by atoms with E-state index < -0.39 is 0 Å². The number of imide groups is 1. The zero-order valence-electron chi connectivity index (χ0n) is 12.7. The highest BCUT2D eigenvalue weighted by Crippen LogP contribution is 2.45. The molecular formula is C15H26N2O2. The third-order valence-corrected chi connectivity index (χ3v) is 4.37. The SMILES string of the molecule is CN1C(=O)CC(NC2CC(C)(C)CC(C)(C)C2)C1=O. The first-order valence-electron chi connectivity index (χ1n) is 7.16. The molecule has 1 aliphatic heterocycles. The molecule has 1 unspecified atom stereocenters. The van der Waals surface area contributed by atoms with Crippen LogP contribution in [0, 0.1) is 10.8 Å². The van der Waals surface area contributed by atoms with Gasteiger partial charge in [-0.15, -0.1) is 0 Å². The molecule has 19 heavy (non-hydrogen) atoms. The van der Waals surface area contributed by atoms with Crippen LogP contribution < -0.4 is 5.32 Å². The summed E-state index contributed by atoms with van der Waals surface area (Å²) in [6.45, 7) is 9.15. The fraction of sp³-hybridized carbons (Fsp3) is 0.867. The van der Waals surface area contributed by atoms with Gasteiger partial charge in [0.15, 0.2) is 0 Å². The third kappa shape index (κ3) is 3.16. The molecule has 4 nitrogen and oxygen atoms in total. The van der Waals surface area contributed by atoms with Crippen LogP contribution in [-0.2, 0) is 9.59 Å². The van der Waals surface area contributed by atoms with Crippen LogP contribution in [0.25, 0.3) is 0 Å². The molecule has 0 aromatic rings. The van der Waals surface area contributed by atoms with Gasteiger partial charge in [0.25, 0.3) is 0 Å². The minimum atomic E-state index is -0.313. The lowest BCUT2D eigenvalue weighted by molar-refractivity contribution is -0.137. The molecule has 1 N–H and O–H groups in total. The molecule has 1 saturated carbocycles. The Morgan fingerprint density at radius 3 is 2.05 bits per heavy atom. The van der Waals surface area contributed by atoms with Crippen LogP contribution in [-0.4, -0.2) is 35.8 Å². The molecule has 2 rings (SSSR count). The number of likely N-dealkylation sites (tertiary alicyclic amines) is 1. The number of nitrogens with zero attached hydrogens (tertiary/aromatic N) is 1. The highest BCUT2D eigenvalue weighted by molar-refractivity contribution is 6.05. The Labute approximate surface area is 115 Å². The maximum absolute atomic E-state index is 12.0. The number of likely N-dealkylation sites (N-methyl/N-ethyl adjacent to an activating group) is 1. The van der Waals surface area contributed by atoms with Gasteiger partial charge in [-0.2, -0.15) is 0 Å². The summed E-state index contributed by atoms with van der Waals surface area (Å²) in [5.41, 5.74) is 0.577. The van der Waals surface area contributed by atoms with Crippen LogP contribution in [0.4, 0.5) is 0 Å². The molecule has 1 aliphatic carbocycles. The van der Waals surface area contributed by atoms with Crippen molar-refractivity contribution in [3.05, 3.63) is 0 Å². The number of hydrogen-bond donors (Lipinski definition) is 1. The van der Waals surface area contributed by atoms with E-state index in [9.17, 15) is 9.59 Å². The lowest BCUT2D eigenvalue weighted by Crippen LogP contribution is -2.49. The van der Waals surface area contributed by atoms with Gasteiger partial charge >= 0.3 is 0 Å². The standard InChI is InChI=1S/C15H26N2O2/c1-14(2)7-10(8-15(3,4)9-14)16-11-6-12(18)17(5)13(11)19/h10-11,16H,6-9H2,1-5H3. The van der Waals surface area contributed by atoms with E-state index in [1.165, 1.54) is 11.3 Å². The van der Waals surface area contributed by atoms with Gasteiger partial charge in [0.1, 0.15) is 0 Å². The maximum Gasteiger partial charge on any atom is 0.246 e. The minimum Gasteiger partial charge on any atom is -0.303 e. The van der Waals surface area contributed by atoms with Crippen LogP contribution in [0.1, 0.15) is 53.4 Å². The zero-order chi connectivity index (χ0) is 14.4. The molecule has 2 fully saturated rings. The fourth-order valence-corrected chi connectivity index (χ4v) is 4.13. The number of rotatable bonds is 2. The van der Waals surface area contributed by atoms with Gasteiger partial charge in [-0.05, 0) is 30.1 Å². The first-order valence-corrected chi connectivity index (χ1v) is 7.16. The second-order valence-electron chi connectivity index (χ2n) is 7.82. The molecule has 1 saturated heterocycles. The summed E-state index contributed by atoms with van der Waals surface area (Å²) in [5, 5.41) is 3.43. The zero-order valence-corrected chi connectivity index (χ0v) is 12.7.